The van der Waals surface area contributed by atoms with Gasteiger partial charge in [0.1, 0.15) is 11.9 Å². The van der Waals surface area contributed by atoms with Gasteiger partial charge in [0.2, 0.25) is 0 Å². The molecule has 8 rings (SSSR count). The predicted molar refractivity (Wildman–Crippen MR) is 183 cm³/mol. The van der Waals surface area contributed by atoms with Gasteiger partial charge in [-0.05, 0) is 69.6 Å². The second-order valence-electron chi connectivity index (χ2n) is 13.7. The van der Waals surface area contributed by atoms with E-state index in [0.29, 0.717) is 85.3 Å². The monoisotopic (exact) mass is 714 g/mol. The number of aromatic nitrogens is 1. The molecule has 1 aromatic heterocycles. The van der Waals surface area contributed by atoms with Crippen molar-refractivity contribution >= 4 is 36.8 Å². The largest absolute Gasteiger partial charge is 0.463 e. The van der Waals surface area contributed by atoms with Crippen LogP contribution in [-0.2, 0) is 23.1 Å². The van der Waals surface area contributed by atoms with Crippen LogP contribution in [0.15, 0.2) is 46.0 Å². The number of piperazine rings is 1. The topological polar surface area (TPSA) is 126 Å². The van der Waals surface area contributed by atoms with Gasteiger partial charge in [0.15, 0.2) is 10.8 Å². The Hall–Kier alpha value is -3.16. The number of hydrogen-bond donors (Lipinski definition) is 1. The Balaban J connectivity index is 1.10. The Kier molecular flexibility index (Phi) is 9.23. The van der Waals surface area contributed by atoms with Crippen molar-refractivity contribution in [2.45, 2.75) is 64.6 Å². The van der Waals surface area contributed by atoms with Gasteiger partial charge in [-0.3, -0.25) is 14.5 Å². The molecule has 2 saturated heterocycles. The average Bonchev–Trinajstić information content (AvgIpc) is 3.68. The van der Waals surface area contributed by atoms with Crippen LogP contribution >= 0.6 is 18.9 Å². The van der Waals surface area contributed by atoms with E-state index in [2.05, 4.69) is 15.2 Å². The molecule has 2 atom stereocenters. The Morgan fingerprint density at radius 3 is 2.55 bits per heavy atom. The third kappa shape index (κ3) is 6.13. The maximum atomic E-state index is 14.8. The SMILES string of the molecule is CCOC(=O)C1=C(CN2CCN3C(=O)N(C45CC(CP(=O)(OCC)OCC)(C4)C5)C[C@@H]3C2)NC(c2nccs2)=N[C@H]1c1cccc(F)c1C. The number of nitrogens with one attached hydrogen (secondary N) is 1. The summed E-state index contributed by atoms with van der Waals surface area (Å²) in [6.07, 6.45) is 4.56. The number of benzene rings is 1. The number of aliphatic imine (C=N–C) groups is 1. The number of nitrogens with zero attached hydrogens (tertiary/aromatic N) is 5. The second kappa shape index (κ2) is 13.2. The van der Waals surface area contributed by atoms with Gasteiger partial charge in [-0.15, -0.1) is 11.3 Å². The highest BCUT2D eigenvalue weighted by molar-refractivity contribution is 7.53. The number of amidine groups is 1. The summed E-state index contributed by atoms with van der Waals surface area (Å²) in [6, 6.07) is 4.11. The van der Waals surface area contributed by atoms with E-state index >= 15 is 0 Å². The summed E-state index contributed by atoms with van der Waals surface area (Å²) in [5, 5.41) is 5.92. The molecule has 2 amide bonds. The van der Waals surface area contributed by atoms with Crippen LogP contribution < -0.4 is 5.32 Å². The lowest BCUT2D eigenvalue weighted by Crippen LogP contribution is -2.76. The third-order valence-corrected chi connectivity index (χ3v) is 13.7. The molecule has 2 bridgehead atoms. The molecule has 3 aliphatic heterocycles. The first-order valence-electron chi connectivity index (χ1n) is 17.1. The number of hydrogen-bond acceptors (Lipinski definition) is 11. The van der Waals surface area contributed by atoms with Crippen molar-refractivity contribution in [2.75, 3.05) is 58.7 Å². The van der Waals surface area contributed by atoms with Crippen LogP contribution in [0.2, 0.25) is 0 Å². The lowest BCUT2D eigenvalue weighted by Gasteiger charge is -2.73. The van der Waals surface area contributed by atoms with Crippen LogP contribution in [0.5, 0.6) is 0 Å². The van der Waals surface area contributed by atoms with Gasteiger partial charge in [-0.1, -0.05) is 12.1 Å². The number of halogens is 1. The van der Waals surface area contributed by atoms with Crippen LogP contribution in [0.25, 0.3) is 0 Å². The lowest BCUT2D eigenvalue weighted by molar-refractivity contribution is -0.187. The number of urea groups is 1. The van der Waals surface area contributed by atoms with Gasteiger partial charge in [0, 0.05) is 55.5 Å². The van der Waals surface area contributed by atoms with Crippen LogP contribution in [0, 0.1) is 18.2 Å². The Morgan fingerprint density at radius 2 is 1.88 bits per heavy atom. The predicted octanol–water partition coefficient (Wildman–Crippen LogP) is 5.11. The minimum atomic E-state index is -3.16. The molecule has 1 aromatic carbocycles. The lowest BCUT2D eigenvalue weighted by atomic mass is 9.39. The molecule has 2 aromatic rings. The first-order chi connectivity index (χ1) is 23.5. The Bertz CT molecular complexity index is 1710. The quantitative estimate of drug-likeness (QED) is 0.223. The van der Waals surface area contributed by atoms with E-state index in [1.807, 2.05) is 29.0 Å². The Labute approximate surface area is 290 Å². The zero-order valence-corrected chi connectivity index (χ0v) is 30.2. The van der Waals surface area contributed by atoms with Gasteiger partial charge in [-0.2, -0.15) is 0 Å². The first-order valence-corrected chi connectivity index (χ1v) is 19.7. The van der Waals surface area contributed by atoms with Crippen LogP contribution in [0.3, 0.4) is 0 Å². The molecule has 12 nitrogen and oxygen atoms in total. The fraction of sp³-hybridized carbons (Fsp3) is 0.588. The molecule has 0 unspecified atom stereocenters. The molecule has 264 valence electrons. The van der Waals surface area contributed by atoms with E-state index in [4.69, 9.17) is 18.8 Å². The number of fused-ring (bicyclic) bond motifs is 1. The fourth-order valence-corrected chi connectivity index (χ4v) is 11.4. The molecule has 5 fully saturated rings. The third-order valence-electron chi connectivity index (χ3n) is 10.5. The number of carbonyl (C=O) groups is 2. The van der Waals surface area contributed by atoms with Crippen molar-refractivity contribution in [3.63, 3.8) is 0 Å². The van der Waals surface area contributed by atoms with E-state index in [-0.39, 0.29) is 35.5 Å². The summed E-state index contributed by atoms with van der Waals surface area (Å²) in [4.78, 5) is 43.0. The molecular formula is C34H44FN6O6PS. The summed E-state index contributed by atoms with van der Waals surface area (Å²) >= 11 is 1.43. The van der Waals surface area contributed by atoms with Crippen molar-refractivity contribution < 1.29 is 32.3 Å². The summed E-state index contributed by atoms with van der Waals surface area (Å²) in [5.41, 5.74) is 1.71. The molecule has 0 spiro atoms. The van der Waals surface area contributed by atoms with Crippen LogP contribution in [-0.4, -0.2) is 108 Å². The summed E-state index contributed by atoms with van der Waals surface area (Å²) in [5.74, 6) is -0.355. The molecular weight excluding hydrogens is 670 g/mol. The Morgan fingerprint density at radius 1 is 1.12 bits per heavy atom. The second-order valence-corrected chi connectivity index (χ2v) is 16.7. The molecule has 1 N–H and O–H groups in total. The molecule has 49 heavy (non-hydrogen) atoms. The number of thiazole rings is 1. The zero-order valence-electron chi connectivity index (χ0n) is 28.4. The maximum absolute atomic E-state index is 14.8. The summed E-state index contributed by atoms with van der Waals surface area (Å²) in [7, 11) is -3.16. The van der Waals surface area contributed by atoms with Crippen LogP contribution in [0.1, 0.15) is 62.2 Å². The molecule has 3 saturated carbocycles. The van der Waals surface area contributed by atoms with Gasteiger partial charge in [0.05, 0.1) is 37.6 Å². The minimum Gasteiger partial charge on any atom is -0.463 e. The zero-order chi connectivity index (χ0) is 34.6. The number of amides is 2. The van der Waals surface area contributed by atoms with E-state index in [0.717, 1.165) is 19.3 Å². The van der Waals surface area contributed by atoms with E-state index in [9.17, 15) is 18.5 Å². The smallest absolute Gasteiger partial charge is 0.338 e. The van der Waals surface area contributed by atoms with Crippen molar-refractivity contribution in [3.05, 3.63) is 63.0 Å². The van der Waals surface area contributed by atoms with Gasteiger partial charge in [-0.25, -0.2) is 19.0 Å². The van der Waals surface area contributed by atoms with E-state index in [1.54, 1.807) is 32.2 Å². The molecule has 0 radical (unpaired) electrons. The van der Waals surface area contributed by atoms with Gasteiger partial charge >= 0.3 is 19.6 Å². The standard InChI is InChI=1S/C34H44FN6O6PS/c1-5-45-31(42)27-26(37-29(30-36-11-14-49-30)38-28(27)24-9-8-10-25(35)22(24)4)17-39-12-13-40-23(15-39)16-41(32(40)43)34-18-33(19-34,20-34)21-48(44,46-6-2)47-7-3/h8-11,14,23,28H,5-7,12-13,15-21H2,1-4H3,(H,37,38)/t23-,28-,33?,34?/m0/s1. The first kappa shape index (κ1) is 34.3. The summed E-state index contributed by atoms with van der Waals surface area (Å²) < 4.78 is 44.8. The highest BCUT2D eigenvalue weighted by Crippen LogP contribution is 2.74. The number of esters is 1. The molecule has 3 aliphatic carbocycles. The van der Waals surface area contributed by atoms with Gasteiger partial charge in [0.25, 0.3) is 0 Å². The van der Waals surface area contributed by atoms with Crippen molar-refractivity contribution in [3.8, 4) is 0 Å². The highest BCUT2D eigenvalue weighted by Gasteiger charge is 2.73. The van der Waals surface area contributed by atoms with Crippen molar-refractivity contribution in [1.29, 1.82) is 0 Å². The maximum Gasteiger partial charge on any atom is 0.338 e. The van der Waals surface area contributed by atoms with E-state index < -0.39 is 19.6 Å². The minimum absolute atomic E-state index is 0.00670. The van der Waals surface area contributed by atoms with Gasteiger partial charge < -0.3 is 28.9 Å². The summed E-state index contributed by atoms with van der Waals surface area (Å²) in [6.45, 7) is 10.8. The number of carbonyl (C=O) groups excluding carboxylic acids is 2. The molecule has 15 heteroatoms. The fourth-order valence-electron chi connectivity index (χ4n) is 8.62. The number of ether oxygens (including phenoxy) is 1. The van der Waals surface area contributed by atoms with Crippen molar-refractivity contribution in [1.82, 2.24) is 25.0 Å². The highest BCUT2D eigenvalue weighted by atomic mass is 32.1. The average molecular weight is 715 g/mol. The molecule has 6 aliphatic rings. The van der Waals surface area contributed by atoms with Crippen LogP contribution in [0.4, 0.5) is 9.18 Å². The van der Waals surface area contributed by atoms with Crippen molar-refractivity contribution in [2.24, 2.45) is 10.4 Å². The molecule has 4 heterocycles. The normalized spacial score (nSPS) is 28.1. The van der Waals surface area contributed by atoms with E-state index in [1.165, 1.54) is 17.4 Å². The number of rotatable bonds is 13.